The van der Waals surface area contributed by atoms with Crippen molar-refractivity contribution < 1.29 is 9.90 Å². The molecule has 0 saturated carbocycles. The number of carbonyl (C=O) groups excluding carboxylic acids is 1. The van der Waals surface area contributed by atoms with Crippen LogP contribution in [-0.2, 0) is 6.42 Å². The fraction of sp³-hybridized carbons (Fsp3) is 0.200. The Kier molecular flexibility index (Phi) is 2.54. The van der Waals surface area contributed by atoms with Crippen molar-refractivity contribution in [3.8, 4) is 0 Å². The van der Waals surface area contributed by atoms with Crippen molar-refractivity contribution in [2.45, 2.75) is 11.7 Å². The summed E-state index contributed by atoms with van der Waals surface area (Å²) in [5, 5.41) is 8.82. The third-order valence-corrected chi connectivity index (χ3v) is 2.96. The van der Waals surface area contributed by atoms with Crippen molar-refractivity contribution in [3.05, 3.63) is 35.9 Å². The molecule has 1 N–H and O–H groups in total. The van der Waals surface area contributed by atoms with Crippen LogP contribution >= 0.6 is 11.8 Å². The van der Waals surface area contributed by atoms with Crippen LogP contribution in [0.25, 0.3) is 0 Å². The second-order valence-electron chi connectivity index (χ2n) is 3.03. The molecule has 0 radical (unpaired) electrons. The lowest BCUT2D eigenvalue weighted by Crippen LogP contribution is -2.15. The molecule has 3 nitrogen and oxygen atoms in total. The molecule has 0 aliphatic carbocycles. The molecule has 0 fully saturated rings. The van der Waals surface area contributed by atoms with Crippen molar-refractivity contribution in [1.82, 2.24) is 0 Å². The van der Waals surface area contributed by atoms with Gasteiger partial charge in [-0.2, -0.15) is 4.99 Å². The maximum Gasteiger partial charge on any atom is 0.308 e. The molecule has 1 aromatic rings. The van der Waals surface area contributed by atoms with E-state index < -0.39 is 0 Å². The Morgan fingerprint density at radius 2 is 2.07 bits per heavy atom. The van der Waals surface area contributed by atoms with Gasteiger partial charge in [0, 0.05) is 0 Å². The Balaban J connectivity index is 2.07. The van der Waals surface area contributed by atoms with Crippen LogP contribution in [0.1, 0.15) is 5.56 Å². The lowest BCUT2D eigenvalue weighted by atomic mass is 10.1. The molecule has 1 aromatic carbocycles. The predicted molar refractivity (Wildman–Crippen MR) is 57.0 cm³/mol. The molecular formula is C10H9NO2S. The van der Waals surface area contributed by atoms with E-state index in [4.69, 9.17) is 0 Å². The van der Waals surface area contributed by atoms with Gasteiger partial charge in [0.05, 0.1) is 5.25 Å². The topological polar surface area (TPSA) is 49.7 Å². The normalized spacial score (nSPS) is 21.0. The number of hydrogen-bond donors (Lipinski definition) is 1. The Morgan fingerprint density at radius 3 is 2.64 bits per heavy atom. The molecule has 1 aliphatic heterocycles. The molecule has 0 bridgehead atoms. The number of aliphatic hydroxyl groups excluding tert-OH is 1. The minimum absolute atomic E-state index is 0.0520. The van der Waals surface area contributed by atoms with Crippen LogP contribution < -0.4 is 0 Å². The summed E-state index contributed by atoms with van der Waals surface area (Å²) >= 11 is 1.08. The molecule has 1 aliphatic rings. The van der Waals surface area contributed by atoms with Gasteiger partial charge in [0.15, 0.2) is 0 Å². The first-order chi connectivity index (χ1) is 6.75. The van der Waals surface area contributed by atoms with Crippen LogP contribution in [0, 0.1) is 0 Å². The van der Waals surface area contributed by atoms with E-state index >= 15 is 0 Å². The van der Waals surface area contributed by atoms with Gasteiger partial charge >= 0.3 is 5.24 Å². The SMILES string of the molecule is O=C1N=C(O)C(Cc2ccccc2)S1. The molecule has 4 heteroatoms. The van der Waals surface area contributed by atoms with Crippen molar-refractivity contribution in [1.29, 1.82) is 0 Å². The maximum absolute atomic E-state index is 10.9. The molecule has 1 atom stereocenters. The van der Waals surface area contributed by atoms with E-state index in [-0.39, 0.29) is 16.4 Å². The van der Waals surface area contributed by atoms with Crippen LogP contribution in [0.3, 0.4) is 0 Å². The summed E-state index contributed by atoms with van der Waals surface area (Å²) < 4.78 is 0. The van der Waals surface area contributed by atoms with Crippen LogP contribution in [0.2, 0.25) is 0 Å². The molecule has 14 heavy (non-hydrogen) atoms. The second kappa shape index (κ2) is 3.84. The summed E-state index contributed by atoms with van der Waals surface area (Å²) in [5.74, 6) is -0.0520. The number of benzene rings is 1. The number of aliphatic imine (C=N–C) groups is 1. The monoisotopic (exact) mass is 207 g/mol. The van der Waals surface area contributed by atoms with Gasteiger partial charge in [-0.15, -0.1) is 0 Å². The van der Waals surface area contributed by atoms with Crippen LogP contribution in [0.5, 0.6) is 0 Å². The fourth-order valence-corrected chi connectivity index (χ4v) is 2.15. The van der Waals surface area contributed by atoms with E-state index in [2.05, 4.69) is 4.99 Å². The Hall–Kier alpha value is -1.29. The number of rotatable bonds is 2. The Morgan fingerprint density at radius 1 is 1.36 bits per heavy atom. The van der Waals surface area contributed by atoms with Crippen molar-refractivity contribution in [2.24, 2.45) is 4.99 Å². The van der Waals surface area contributed by atoms with Crippen LogP contribution in [0.4, 0.5) is 4.79 Å². The van der Waals surface area contributed by atoms with Gasteiger partial charge in [-0.25, -0.2) is 0 Å². The standard InChI is InChI=1S/C10H9NO2S/c12-9-8(14-10(13)11-9)6-7-4-2-1-3-5-7/h1-5,8H,6H2,(H,11,12,13). The summed E-state index contributed by atoms with van der Waals surface area (Å²) in [7, 11) is 0. The third-order valence-electron chi connectivity index (χ3n) is 2.00. The van der Waals surface area contributed by atoms with Gasteiger partial charge in [-0.3, -0.25) is 4.79 Å². The Bertz CT molecular complexity index is 375. The molecule has 1 unspecified atom stereocenters. The van der Waals surface area contributed by atoms with E-state index in [1.807, 2.05) is 30.3 Å². The van der Waals surface area contributed by atoms with E-state index in [0.717, 1.165) is 17.3 Å². The van der Waals surface area contributed by atoms with Gasteiger partial charge in [0.25, 0.3) is 0 Å². The lowest BCUT2D eigenvalue weighted by molar-refractivity contribution is 0.267. The summed E-state index contributed by atoms with van der Waals surface area (Å²) in [6.07, 6.45) is 0.645. The number of aliphatic hydroxyl groups is 1. The zero-order chi connectivity index (χ0) is 9.97. The number of carbonyl (C=O) groups is 1. The van der Waals surface area contributed by atoms with E-state index in [0.29, 0.717) is 6.42 Å². The number of amides is 1. The first-order valence-electron chi connectivity index (χ1n) is 4.28. The maximum atomic E-state index is 10.9. The molecule has 0 saturated heterocycles. The zero-order valence-electron chi connectivity index (χ0n) is 7.38. The predicted octanol–water partition coefficient (Wildman–Crippen LogP) is 2.42. The summed E-state index contributed by atoms with van der Waals surface area (Å²) in [6, 6.07) is 9.74. The smallest absolute Gasteiger partial charge is 0.308 e. The van der Waals surface area contributed by atoms with Crippen molar-refractivity contribution in [3.63, 3.8) is 0 Å². The molecular weight excluding hydrogens is 198 g/mol. The van der Waals surface area contributed by atoms with Gasteiger partial charge in [-0.1, -0.05) is 30.3 Å². The summed E-state index contributed by atoms with van der Waals surface area (Å²) in [4.78, 5) is 14.3. The van der Waals surface area contributed by atoms with E-state index in [1.54, 1.807) is 0 Å². The largest absolute Gasteiger partial charge is 0.495 e. The average Bonchev–Trinajstić information content (AvgIpc) is 2.47. The molecule has 2 rings (SSSR count). The quantitative estimate of drug-likeness (QED) is 0.810. The summed E-state index contributed by atoms with van der Waals surface area (Å²) in [6.45, 7) is 0. The molecule has 72 valence electrons. The third kappa shape index (κ3) is 1.96. The Labute approximate surface area is 85.9 Å². The van der Waals surface area contributed by atoms with Crippen molar-refractivity contribution in [2.75, 3.05) is 0 Å². The second-order valence-corrected chi connectivity index (χ2v) is 4.19. The minimum atomic E-state index is -0.302. The van der Waals surface area contributed by atoms with Gasteiger partial charge in [0.2, 0.25) is 5.90 Å². The van der Waals surface area contributed by atoms with Gasteiger partial charge < -0.3 is 5.11 Å². The van der Waals surface area contributed by atoms with Crippen LogP contribution in [0.15, 0.2) is 35.3 Å². The lowest BCUT2D eigenvalue weighted by Gasteiger charge is -2.06. The number of thioether (sulfide) groups is 1. The highest BCUT2D eigenvalue weighted by Crippen LogP contribution is 2.25. The molecule has 0 spiro atoms. The highest BCUT2D eigenvalue weighted by Gasteiger charge is 2.27. The van der Waals surface area contributed by atoms with Gasteiger partial charge in [0.1, 0.15) is 0 Å². The first kappa shape index (κ1) is 9.27. The van der Waals surface area contributed by atoms with Gasteiger partial charge in [-0.05, 0) is 23.7 Å². The fourth-order valence-electron chi connectivity index (χ4n) is 1.33. The highest BCUT2D eigenvalue weighted by molar-refractivity contribution is 8.15. The van der Waals surface area contributed by atoms with Crippen LogP contribution in [-0.4, -0.2) is 21.5 Å². The minimum Gasteiger partial charge on any atom is -0.495 e. The van der Waals surface area contributed by atoms with Crippen molar-refractivity contribution >= 4 is 22.9 Å². The zero-order valence-corrected chi connectivity index (χ0v) is 8.20. The first-order valence-corrected chi connectivity index (χ1v) is 5.16. The van der Waals surface area contributed by atoms with E-state index in [9.17, 15) is 9.90 Å². The number of nitrogens with zero attached hydrogens (tertiary/aromatic N) is 1. The molecule has 1 heterocycles. The average molecular weight is 207 g/mol. The number of hydrogen-bond acceptors (Lipinski definition) is 2. The highest BCUT2D eigenvalue weighted by atomic mass is 32.2. The molecule has 0 aromatic heterocycles. The molecule has 1 amide bonds. The van der Waals surface area contributed by atoms with E-state index in [1.165, 1.54) is 0 Å². The summed E-state index contributed by atoms with van der Waals surface area (Å²) in [5.41, 5.74) is 1.10.